The Morgan fingerprint density at radius 2 is 1.89 bits per heavy atom. The fourth-order valence-corrected chi connectivity index (χ4v) is 2.14. The zero-order valence-corrected chi connectivity index (χ0v) is 12.1. The molecule has 1 aromatic heterocycles. The summed E-state index contributed by atoms with van der Waals surface area (Å²) in [5.74, 6) is -1.64. The van der Waals surface area contributed by atoms with Gasteiger partial charge in [-0.05, 0) is 47.6 Å². The molecule has 100 valence electrons. The molecule has 0 amide bonds. The maximum atomic E-state index is 14.0. The second-order valence-corrected chi connectivity index (χ2v) is 5.14. The standard InChI is InChI=1S/C14H13BrF2N2/c1-8-3-5-10(13(17)12(8)16)14(18-2)11-6-4-9(15)7-19-11/h3-7,14,18H,1-2H3. The molecular formula is C14H13BrF2N2. The number of hydrogen-bond donors (Lipinski definition) is 1. The average molecular weight is 327 g/mol. The van der Waals surface area contributed by atoms with Crippen LogP contribution in [0.15, 0.2) is 34.9 Å². The molecule has 1 N–H and O–H groups in total. The molecule has 0 saturated carbocycles. The number of pyridine rings is 1. The van der Waals surface area contributed by atoms with Gasteiger partial charge in [0.1, 0.15) is 0 Å². The second kappa shape index (κ2) is 5.75. The van der Waals surface area contributed by atoms with Crippen LogP contribution in [0.1, 0.15) is 22.9 Å². The zero-order chi connectivity index (χ0) is 14.0. The number of aromatic nitrogens is 1. The van der Waals surface area contributed by atoms with E-state index >= 15 is 0 Å². The van der Waals surface area contributed by atoms with Gasteiger partial charge in [0.2, 0.25) is 0 Å². The van der Waals surface area contributed by atoms with Crippen LogP contribution in [0.2, 0.25) is 0 Å². The van der Waals surface area contributed by atoms with Gasteiger partial charge < -0.3 is 5.32 Å². The van der Waals surface area contributed by atoms with Crippen molar-refractivity contribution in [1.29, 1.82) is 0 Å². The summed E-state index contributed by atoms with van der Waals surface area (Å²) in [6, 6.07) is 6.25. The molecule has 1 aromatic carbocycles. The molecule has 1 unspecified atom stereocenters. The van der Waals surface area contributed by atoms with Crippen molar-refractivity contribution in [3.05, 3.63) is 63.4 Å². The number of nitrogens with one attached hydrogen (secondary N) is 1. The van der Waals surface area contributed by atoms with Crippen LogP contribution in [0, 0.1) is 18.6 Å². The molecule has 2 nitrogen and oxygen atoms in total. The predicted octanol–water partition coefficient (Wildman–Crippen LogP) is 3.74. The lowest BCUT2D eigenvalue weighted by atomic mass is 10.0. The molecule has 19 heavy (non-hydrogen) atoms. The minimum absolute atomic E-state index is 0.250. The number of hydrogen-bond acceptors (Lipinski definition) is 2. The summed E-state index contributed by atoms with van der Waals surface area (Å²) in [6.45, 7) is 1.54. The summed E-state index contributed by atoms with van der Waals surface area (Å²) in [5, 5.41) is 2.96. The Morgan fingerprint density at radius 1 is 1.16 bits per heavy atom. The molecule has 2 rings (SSSR count). The third-order valence-electron chi connectivity index (χ3n) is 2.95. The average Bonchev–Trinajstić information content (AvgIpc) is 2.41. The molecule has 5 heteroatoms. The highest BCUT2D eigenvalue weighted by Gasteiger charge is 2.20. The van der Waals surface area contributed by atoms with Crippen molar-refractivity contribution in [3.8, 4) is 0 Å². The van der Waals surface area contributed by atoms with E-state index in [1.165, 1.54) is 6.92 Å². The minimum Gasteiger partial charge on any atom is -0.308 e. The van der Waals surface area contributed by atoms with Crippen LogP contribution in [0.3, 0.4) is 0 Å². The summed E-state index contributed by atoms with van der Waals surface area (Å²) < 4.78 is 28.5. The van der Waals surface area contributed by atoms with Gasteiger partial charge in [-0.2, -0.15) is 0 Å². The topological polar surface area (TPSA) is 24.9 Å². The predicted molar refractivity (Wildman–Crippen MR) is 73.9 cm³/mol. The normalized spacial score (nSPS) is 12.5. The lowest BCUT2D eigenvalue weighted by molar-refractivity contribution is 0.481. The Balaban J connectivity index is 2.48. The third-order valence-corrected chi connectivity index (χ3v) is 3.42. The number of halogens is 3. The van der Waals surface area contributed by atoms with Crippen LogP contribution >= 0.6 is 15.9 Å². The Hall–Kier alpha value is -1.33. The van der Waals surface area contributed by atoms with Crippen molar-refractivity contribution in [1.82, 2.24) is 10.3 Å². The first-order chi connectivity index (χ1) is 9.04. The van der Waals surface area contributed by atoms with Crippen molar-refractivity contribution in [2.45, 2.75) is 13.0 Å². The lowest BCUT2D eigenvalue weighted by Gasteiger charge is -2.17. The quantitative estimate of drug-likeness (QED) is 0.929. The van der Waals surface area contributed by atoms with E-state index in [2.05, 4.69) is 26.2 Å². The van der Waals surface area contributed by atoms with Gasteiger partial charge in [-0.15, -0.1) is 0 Å². The molecule has 0 aliphatic carbocycles. The Kier molecular flexibility index (Phi) is 4.27. The van der Waals surface area contributed by atoms with E-state index in [1.54, 1.807) is 31.4 Å². The lowest BCUT2D eigenvalue weighted by Crippen LogP contribution is -2.20. The van der Waals surface area contributed by atoms with E-state index in [0.717, 1.165) is 4.47 Å². The molecule has 0 aliphatic heterocycles. The van der Waals surface area contributed by atoms with Gasteiger partial charge in [0.15, 0.2) is 11.6 Å². The number of aryl methyl sites for hydroxylation is 1. The minimum atomic E-state index is -0.830. The van der Waals surface area contributed by atoms with E-state index < -0.39 is 17.7 Å². The summed E-state index contributed by atoms with van der Waals surface area (Å²) in [7, 11) is 1.69. The van der Waals surface area contributed by atoms with Crippen molar-refractivity contribution in [3.63, 3.8) is 0 Å². The molecule has 0 saturated heterocycles. The SMILES string of the molecule is CNC(c1ccc(Br)cn1)c1ccc(C)c(F)c1F. The van der Waals surface area contributed by atoms with E-state index in [-0.39, 0.29) is 5.56 Å². The highest BCUT2D eigenvalue weighted by atomic mass is 79.9. The number of rotatable bonds is 3. The number of benzene rings is 1. The maximum absolute atomic E-state index is 14.0. The molecule has 2 aromatic rings. The monoisotopic (exact) mass is 326 g/mol. The van der Waals surface area contributed by atoms with Gasteiger partial charge in [-0.1, -0.05) is 12.1 Å². The summed E-state index contributed by atoms with van der Waals surface area (Å²) in [4.78, 5) is 4.22. The van der Waals surface area contributed by atoms with Crippen molar-refractivity contribution >= 4 is 15.9 Å². The van der Waals surface area contributed by atoms with Crippen LogP contribution in [0.4, 0.5) is 8.78 Å². The van der Waals surface area contributed by atoms with Gasteiger partial charge in [0.25, 0.3) is 0 Å². The van der Waals surface area contributed by atoms with Crippen molar-refractivity contribution in [2.24, 2.45) is 0 Å². The molecule has 0 fully saturated rings. The van der Waals surface area contributed by atoms with Crippen LogP contribution < -0.4 is 5.32 Å². The van der Waals surface area contributed by atoms with E-state index in [9.17, 15) is 8.78 Å². The van der Waals surface area contributed by atoms with Gasteiger partial charge in [0.05, 0.1) is 11.7 Å². The fourth-order valence-electron chi connectivity index (χ4n) is 1.90. The first-order valence-corrected chi connectivity index (χ1v) is 6.57. The van der Waals surface area contributed by atoms with Crippen LogP contribution in [-0.4, -0.2) is 12.0 Å². The van der Waals surface area contributed by atoms with Crippen LogP contribution in [0.5, 0.6) is 0 Å². The Bertz CT molecular complexity index is 585. The van der Waals surface area contributed by atoms with Crippen LogP contribution in [0.25, 0.3) is 0 Å². The summed E-state index contributed by atoms with van der Waals surface area (Å²) >= 11 is 3.29. The van der Waals surface area contributed by atoms with Crippen molar-refractivity contribution in [2.75, 3.05) is 7.05 Å². The molecule has 0 radical (unpaired) electrons. The highest BCUT2D eigenvalue weighted by Crippen LogP contribution is 2.26. The van der Waals surface area contributed by atoms with E-state index in [1.807, 2.05) is 6.07 Å². The molecule has 0 bridgehead atoms. The molecule has 0 spiro atoms. The Morgan fingerprint density at radius 3 is 2.47 bits per heavy atom. The van der Waals surface area contributed by atoms with E-state index in [4.69, 9.17) is 0 Å². The Labute approximate surface area is 119 Å². The molecular weight excluding hydrogens is 314 g/mol. The molecule has 0 aliphatic rings. The van der Waals surface area contributed by atoms with Gasteiger partial charge in [-0.3, -0.25) is 4.98 Å². The summed E-state index contributed by atoms with van der Waals surface area (Å²) in [5.41, 5.74) is 1.17. The number of nitrogens with zero attached hydrogens (tertiary/aromatic N) is 1. The second-order valence-electron chi connectivity index (χ2n) is 4.22. The third kappa shape index (κ3) is 2.82. The van der Waals surface area contributed by atoms with Gasteiger partial charge in [-0.25, -0.2) is 8.78 Å². The highest BCUT2D eigenvalue weighted by molar-refractivity contribution is 9.10. The van der Waals surface area contributed by atoms with E-state index in [0.29, 0.717) is 11.3 Å². The van der Waals surface area contributed by atoms with Gasteiger partial charge >= 0.3 is 0 Å². The largest absolute Gasteiger partial charge is 0.308 e. The maximum Gasteiger partial charge on any atom is 0.164 e. The van der Waals surface area contributed by atoms with Crippen LogP contribution in [-0.2, 0) is 0 Å². The van der Waals surface area contributed by atoms with Crippen molar-refractivity contribution < 1.29 is 8.78 Å². The molecule has 1 heterocycles. The van der Waals surface area contributed by atoms with Gasteiger partial charge in [0, 0.05) is 16.2 Å². The fraction of sp³-hybridized carbons (Fsp3) is 0.214. The first-order valence-electron chi connectivity index (χ1n) is 5.77. The summed E-state index contributed by atoms with van der Waals surface area (Å²) in [6.07, 6.45) is 1.63. The molecule has 1 atom stereocenters. The first kappa shape index (κ1) is 14.1. The zero-order valence-electron chi connectivity index (χ0n) is 10.5. The smallest absolute Gasteiger partial charge is 0.164 e.